The Kier molecular flexibility index (Phi) is 0.938. The van der Waals surface area contributed by atoms with Gasteiger partial charge in [-0.15, -0.1) is 0 Å². The summed E-state index contributed by atoms with van der Waals surface area (Å²) in [5, 5.41) is 2.58. The smallest absolute Gasteiger partial charge is 0.251 e. The van der Waals surface area contributed by atoms with Gasteiger partial charge >= 0.3 is 0 Å². The van der Waals surface area contributed by atoms with Crippen molar-refractivity contribution in [2.75, 3.05) is 6.54 Å². The van der Waals surface area contributed by atoms with Gasteiger partial charge in [0.2, 0.25) is 0 Å². The summed E-state index contributed by atoms with van der Waals surface area (Å²) in [6.07, 6.45) is 0. The molecule has 0 aromatic rings. The molecule has 1 heterocycles. The van der Waals surface area contributed by atoms with E-state index in [0.29, 0.717) is 12.1 Å². The molecule has 0 aliphatic carbocycles. The molecular formula is C6H7NO. The van der Waals surface area contributed by atoms with E-state index in [2.05, 4.69) is 18.5 Å². The van der Waals surface area contributed by atoms with E-state index in [4.69, 9.17) is 0 Å². The molecule has 8 heavy (non-hydrogen) atoms. The van der Waals surface area contributed by atoms with Crippen molar-refractivity contribution in [3.63, 3.8) is 0 Å². The molecule has 0 atom stereocenters. The fourth-order valence-corrected chi connectivity index (χ4v) is 0.561. The van der Waals surface area contributed by atoms with Crippen LogP contribution in [0.3, 0.4) is 0 Å². The number of rotatable bonds is 0. The Balaban J connectivity index is 2.86. The number of amides is 1. The van der Waals surface area contributed by atoms with Crippen molar-refractivity contribution in [2.45, 2.75) is 0 Å². The summed E-state index contributed by atoms with van der Waals surface area (Å²) in [7, 11) is 0. The summed E-state index contributed by atoms with van der Waals surface area (Å²) >= 11 is 0. The van der Waals surface area contributed by atoms with Crippen LogP contribution in [0.25, 0.3) is 0 Å². The highest BCUT2D eigenvalue weighted by Gasteiger charge is 2.16. The lowest BCUT2D eigenvalue weighted by Crippen LogP contribution is -2.13. The lowest BCUT2D eigenvalue weighted by atomic mass is 10.2. The van der Waals surface area contributed by atoms with E-state index in [1.54, 1.807) is 0 Å². The minimum atomic E-state index is -0.0880. The Hall–Kier alpha value is -1.05. The molecule has 2 nitrogen and oxygen atoms in total. The Morgan fingerprint density at radius 1 is 1.50 bits per heavy atom. The third-order valence-corrected chi connectivity index (χ3v) is 1.16. The number of hydrogen-bond acceptors (Lipinski definition) is 1. The average Bonchev–Trinajstić information content (AvgIpc) is 1.98. The van der Waals surface area contributed by atoms with Crippen molar-refractivity contribution >= 4 is 5.91 Å². The normalized spacial score (nSPS) is 19.2. The Labute approximate surface area is 47.9 Å². The molecule has 42 valence electrons. The van der Waals surface area contributed by atoms with Gasteiger partial charge in [-0.1, -0.05) is 13.2 Å². The van der Waals surface area contributed by atoms with E-state index < -0.39 is 0 Å². The zero-order valence-electron chi connectivity index (χ0n) is 4.53. The summed E-state index contributed by atoms with van der Waals surface area (Å²) < 4.78 is 0. The van der Waals surface area contributed by atoms with E-state index in [-0.39, 0.29) is 5.91 Å². The van der Waals surface area contributed by atoms with Gasteiger partial charge in [0.1, 0.15) is 0 Å². The van der Waals surface area contributed by atoms with Gasteiger partial charge in [0.05, 0.1) is 0 Å². The molecule has 0 aromatic carbocycles. The summed E-state index contributed by atoms with van der Waals surface area (Å²) in [4.78, 5) is 10.5. The highest BCUT2D eigenvalue weighted by molar-refractivity contribution is 6.00. The molecule has 0 bridgehead atoms. The van der Waals surface area contributed by atoms with Gasteiger partial charge in [-0.3, -0.25) is 4.79 Å². The van der Waals surface area contributed by atoms with Crippen LogP contribution < -0.4 is 5.32 Å². The minimum Gasteiger partial charge on any atom is -0.348 e. The van der Waals surface area contributed by atoms with Crippen LogP contribution >= 0.6 is 0 Å². The van der Waals surface area contributed by atoms with Gasteiger partial charge < -0.3 is 5.32 Å². The molecule has 1 fully saturated rings. The number of nitrogens with one attached hydrogen (secondary N) is 1. The third-order valence-electron chi connectivity index (χ3n) is 1.16. The highest BCUT2D eigenvalue weighted by atomic mass is 16.1. The summed E-state index contributed by atoms with van der Waals surface area (Å²) in [5.74, 6) is -0.0880. The van der Waals surface area contributed by atoms with Crippen LogP contribution in [0.5, 0.6) is 0 Å². The van der Waals surface area contributed by atoms with Gasteiger partial charge in [-0.05, 0) is 5.57 Å². The average molecular weight is 109 g/mol. The van der Waals surface area contributed by atoms with E-state index in [9.17, 15) is 4.79 Å². The molecule has 0 radical (unpaired) electrons. The molecular weight excluding hydrogens is 102 g/mol. The lowest BCUT2D eigenvalue weighted by molar-refractivity contribution is -0.116. The van der Waals surface area contributed by atoms with Crippen molar-refractivity contribution in [3.05, 3.63) is 24.3 Å². The maximum atomic E-state index is 10.5. The SMILES string of the molecule is C=C1CNC(=O)C1=C. The molecule has 0 saturated carbocycles. The van der Waals surface area contributed by atoms with Crippen LogP contribution in [-0.4, -0.2) is 12.5 Å². The molecule has 1 saturated heterocycles. The standard InChI is InChI=1S/C6H7NO/c1-4-3-7-6(8)5(4)2/h1-3H2,(H,7,8). The van der Waals surface area contributed by atoms with Crippen molar-refractivity contribution in [1.29, 1.82) is 0 Å². The minimum absolute atomic E-state index is 0.0880. The second kappa shape index (κ2) is 1.47. The summed E-state index contributed by atoms with van der Waals surface area (Å²) in [6.45, 7) is 7.67. The highest BCUT2D eigenvalue weighted by Crippen LogP contribution is 2.09. The molecule has 0 aromatic heterocycles. The Morgan fingerprint density at radius 2 is 2.12 bits per heavy atom. The van der Waals surface area contributed by atoms with E-state index in [0.717, 1.165) is 5.57 Å². The van der Waals surface area contributed by atoms with Crippen LogP contribution in [0.15, 0.2) is 24.3 Å². The predicted molar refractivity (Wildman–Crippen MR) is 31.3 cm³/mol. The quantitative estimate of drug-likeness (QED) is 0.443. The molecule has 0 spiro atoms. The van der Waals surface area contributed by atoms with Crippen LogP contribution in [0.4, 0.5) is 0 Å². The molecule has 1 amide bonds. The summed E-state index contributed by atoms with van der Waals surface area (Å²) in [5.41, 5.74) is 1.32. The van der Waals surface area contributed by atoms with Crippen LogP contribution in [0, 0.1) is 0 Å². The predicted octanol–water partition coefficient (Wildman–Crippen LogP) is 0.229. The van der Waals surface area contributed by atoms with E-state index in [1.807, 2.05) is 0 Å². The zero-order chi connectivity index (χ0) is 6.15. The number of carbonyl (C=O) groups is 1. The van der Waals surface area contributed by atoms with Crippen LogP contribution in [0.2, 0.25) is 0 Å². The first-order chi connectivity index (χ1) is 3.72. The third kappa shape index (κ3) is 0.541. The Morgan fingerprint density at radius 3 is 2.25 bits per heavy atom. The van der Waals surface area contributed by atoms with E-state index >= 15 is 0 Å². The van der Waals surface area contributed by atoms with E-state index in [1.165, 1.54) is 0 Å². The van der Waals surface area contributed by atoms with Gasteiger partial charge in [0.15, 0.2) is 0 Å². The van der Waals surface area contributed by atoms with Crippen molar-refractivity contribution in [2.24, 2.45) is 0 Å². The monoisotopic (exact) mass is 109 g/mol. The first-order valence-electron chi connectivity index (χ1n) is 2.37. The number of carbonyl (C=O) groups excluding carboxylic acids is 1. The molecule has 1 rings (SSSR count). The van der Waals surface area contributed by atoms with Gasteiger partial charge in [0, 0.05) is 12.1 Å². The molecule has 2 heteroatoms. The first kappa shape index (κ1) is 5.09. The molecule has 0 unspecified atom stereocenters. The largest absolute Gasteiger partial charge is 0.348 e. The fraction of sp³-hybridized carbons (Fsp3) is 0.167. The van der Waals surface area contributed by atoms with Gasteiger partial charge in [-0.2, -0.15) is 0 Å². The van der Waals surface area contributed by atoms with Crippen LogP contribution in [0.1, 0.15) is 0 Å². The first-order valence-corrected chi connectivity index (χ1v) is 2.37. The van der Waals surface area contributed by atoms with Gasteiger partial charge in [0.25, 0.3) is 5.91 Å². The van der Waals surface area contributed by atoms with Crippen LogP contribution in [-0.2, 0) is 4.79 Å². The second-order valence-corrected chi connectivity index (χ2v) is 1.76. The maximum absolute atomic E-state index is 10.5. The topological polar surface area (TPSA) is 29.1 Å². The molecule has 1 aliphatic rings. The van der Waals surface area contributed by atoms with Gasteiger partial charge in [-0.25, -0.2) is 0 Å². The fourth-order valence-electron chi connectivity index (χ4n) is 0.561. The maximum Gasteiger partial charge on any atom is 0.251 e. The molecule has 1 N–H and O–H groups in total. The second-order valence-electron chi connectivity index (χ2n) is 1.76. The van der Waals surface area contributed by atoms with Crippen molar-refractivity contribution in [3.8, 4) is 0 Å². The number of hydrogen-bond donors (Lipinski definition) is 1. The lowest BCUT2D eigenvalue weighted by Gasteiger charge is -1.83. The Bertz CT molecular complexity index is 151. The molecule has 1 aliphatic heterocycles. The van der Waals surface area contributed by atoms with Crippen molar-refractivity contribution < 1.29 is 4.79 Å². The zero-order valence-corrected chi connectivity index (χ0v) is 4.53. The van der Waals surface area contributed by atoms with Crippen molar-refractivity contribution in [1.82, 2.24) is 5.32 Å². The summed E-state index contributed by atoms with van der Waals surface area (Å²) in [6, 6.07) is 0.